The fourth-order valence-corrected chi connectivity index (χ4v) is 2.93. The van der Waals surface area contributed by atoms with Crippen LogP contribution >= 0.6 is 0 Å². The molecule has 0 spiro atoms. The van der Waals surface area contributed by atoms with Gasteiger partial charge in [0.25, 0.3) is 0 Å². The van der Waals surface area contributed by atoms with E-state index in [1.165, 1.54) is 0 Å². The van der Waals surface area contributed by atoms with E-state index in [4.69, 9.17) is 4.74 Å². The van der Waals surface area contributed by atoms with Gasteiger partial charge in [-0.2, -0.15) is 10.2 Å². The number of aromatic amines is 1. The molecule has 4 rings (SSSR count). The van der Waals surface area contributed by atoms with Crippen molar-refractivity contribution in [3.63, 3.8) is 0 Å². The molecule has 4 aromatic rings. The lowest BCUT2D eigenvalue weighted by Crippen LogP contribution is -2.06. The smallest absolute Gasteiger partial charge is 0.118 e. The molecular formula is C23H20N4O. The van der Waals surface area contributed by atoms with Crippen LogP contribution in [0.3, 0.4) is 0 Å². The van der Waals surface area contributed by atoms with Crippen molar-refractivity contribution in [3.8, 4) is 5.75 Å². The average Bonchev–Trinajstić information content (AvgIpc) is 3.16. The van der Waals surface area contributed by atoms with Crippen LogP contribution < -0.4 is 4.74 Å². The third-order valence-electron chi connectivity index (χ3n) is 4.38. The fourth-order valence-electron chi connectivity index (χ4n) is 2.93. The Hall–Kier alpha value is -3.73. The highest BCUT2D eigenvalue weighted by atomic mass is 16.5. The summed E-state index contributed by atoms with van der Waals surface area (Å²) in [5.74, 6) is 1.68. The van der Waals surface area contributed by atoms with Crippen LogP contribution in [-0.2, 0) is 6.42 Å². The van der Waals surface area contributed by atoms with E-state index in [0.717, 1.165) is 39.4 Å². The lowest BCUT2D eigenvalue weighted by Gasteiger charge is -2.03. The Kier molecular flexibility index (Phi) is 5.24. The highest BCUT2D eigenvalue weighted by molar-refractivity contribution is 6.02. The van der Waals surface area contributed by atoms with Crippen LogP contribution in [0.1, 0.15) is 17.0 Å². The molecule has 1 heterocycles. The summed E-state index contributed by atoms with van der Waals surface area (Å²) in [5, 5.41) is 8.80. The van der Waals surface area contributed by atoms with E-state index in [9.17, 15) is 0 Å². The van der Waals surface area contributed by atoms with Crippen molar-refractivity contribution in [3.05, 3.63) is 95.8 Å². The second-order valence-electron chi connectivity index (χ2n) is 6.31. The van der Waals surface area contributed by atoms with Gasteiger partial charge in [0.05, 0.1) is 36.5 Å². The summed E-state index contributed by atoms with van der Waals surface area (Å²) in [5.41, 5.74) is 4.80. The second-order valence-corrected chi connectivity index (χ2v) is 6.31. The topological polar surface area (TPSA) is 62.6 Å². The molecule has 0 bridgehead atoms. The summed E-state index contributed by atoms with van der Waals surface area (Å²) in [6, 6.07) is 25.7. The van der Waals surface area contributed by atoms with E-state index in [-0.39, 0.29) is 0 Å². The molecule has 3 aromatic carbocycles. The van der Waals surface area contributed by atoms with Gasteiger partial charge in [-0.3, -0.25) is 0 Å². The molecule has 0 aliphatic rings. The molecule has 0 atom stereocenters. The summed E-state index contributed by atoms with van der Waals surface area (Å²) in [6.45, 7) is 0. The van der Waals surface area contributed by atoms with Crippen molar-refractivity contribution < 1.29 is 4.74 Å². The van der Waals surface area contributed by atoms with Crippen molar-refractivity contribution in [2.45, 2.75) is 6.42 Å². The maximum atomic E-state index is 5.18. The van der Waals surface area contributed by atoms with Crippen LogP contribution in [0.5, 0.6) is 5.75 Å². The number of imidazole rings is 1. The molecule has 28 heavy (non-hydrogen) atoms. The highest BCUT2D eigenvalue weighted by Crippen LogP contribution is 2.14. The number of ether oxygens (including phenoxy) is 1. The first kappa shape index (κ1) is 17.7. The molecule has 0 unspecified atom stereocenters. The Morgan fingerprint density at radius 2 is 1.71 bits per heavy atom. The van der Waals surface area contributed by atoms with Gasteiger partial charge in [0.1, 0.15) is 11.6 Å². The van der Waals surface area contributed by atoms with Crippen LogP contribution in [0.2, 0.25) is 0 Å². The molecule has 0 saturated carbocycles. The highest BCUT2D eigenvalue weighted by Gasteiger charge is 2.09. The minimum atomic E-state index is 0.568. The van der Waals surface area contributed by atoms with Gasteiger partial charge in [-0.05, 0) is 47.5 Å². The Morgan fingerprint density at radius 1 is 0.964 bits per heavy atom. The molecule has 1 aromatic heterocycles. The van der Waals surface area contributed by atoms with Crippen molar-refractivity contribution in [2.24, 2.45) is 10.2 Å². The largest absolute Gasteiger partial charge is 0.497 e. The van der Waals surface area contributed by atoms with E-state index < -0.39 is 0 Å². The Bertz CT molecular complexity index is 1080. The Labute approximate surface area is 163 Å². The van der Waals surface area contributed by atoms with E-state index in [1.807, 2.05) is 78.9 Å². The van der Waals surface area contributed by atoms with Gasteiger partial charge in [-0.25, -0.2) is 4.98 Å². The minimum absolute atomic E-state index is 0.568. The van der Waals surface area contributed by atoms with Crippen LogP contribution in [0.4, 0.5) is 0 Å². The van der Waals surface area contributed by atoms with Crippen molar-refractivity contribution in [1.29, 1.82) is 0 Å². The quantitative estimate of drug-likeness (QED) is 0.398. The minimum Gasteiger partial charge on any atom is -0.497 e. The molecule has 1 N–H and O–H groups in total. The standard InChI is InChI=1S/C23H20N4O/c1-28-19-13-11-17(12-14-19)16-24-27-22(18-7-3-2-4-8-18)15-23-25-20-9-5-6-10-21(20)26-23/h2-14,16H,15H2,1H3,(H,25,26)/b24-16-,27-22-. The molecule has 5 heteroatoms. The van der Waals surface area contributed by atoms with Gasteiger partial charge in [-0.15, -0.1) is 0 Å². The second kappa shape index (κ2) is 8.31. The number of aromatic nitrogens is 2. The molecular weight excluding hydrogens is 348 g/mol. The van der Waals surface area contributed by atoms with E-state index >= 15 is 0 Å². The van der Waals surface area contributed by atoms with E-state index in [1.54, 1.807) is 13.3 Å². The summed E-state index contributed by atoms with van der Waals surface area (Å²) < 4.78 is 5.18. The van der Waals surface area contributed by atoms with Crippen LogP contribution in [0, 0.1) is 0 Å². The van der Waals surface area contributed by atoms with Gasteiger partial charge < -0.3 is 9.72 Å². The number of methoxy groups -OCH3 is 1. The zero-order chi connectivity index (χ0) is 19.2. The van der Waals surface area contributed by atoms with Crippen LogP contribution in [0.25, 0.3) is 11.0 Å². The zero-order valence-electron chi connectivity index (χ0n) is 15.5. The number of nitrogens with one attached hydrogen (secondary N) is 1. The zero-order valence-corrected chi connectivity index (χ0v) is 15.5. The first-order valence-corrected chi connectivity index (χ1v) is 9.05. The number of para-hydroxylation sites is 2. The SMILES string of the molecule is COc1ccc(/C=N\N=C(\Cc2nc3ccccc3[nH]2)c2ccccc2)cc1. The third kappa shape index (κ3) is 4.15. The Morgan fingerprint density at radius 3 is 2.46 bits per heavy atom. The Balaban J connectivity index is 1.61. The lowest BCUT2D eigenvalue weighted by atomic mass is 10.1. The number of rotatable bonds is 6. The molecule has 0 saturated heterocycles. The average molecular weight is 368 g/mol. The first-order valence-electron chi connectivity index (χ1n) is 9.05. The number of nitrogens with zero attached hydrogens (tertiary/aromatic N) is 3. The molecule has 0 radical (unpaired) electrons. The predicted molar refractivity (Wildman–Crippen MR) is 113 cm³/mol. The summed E-state index contributed by atoms with van der Waals surface area (Å²) in [4.78, 5) is 8.02. The van der Waals surface area contributed by atoms with Gasteiger partial charge in [0.15, 0.2) is 0 Å². The van der Waals surface area contributed by atoms with E-state index in [0.29, 0.717) is 6.42 Å². The number of hydrogen-bond donors (Lipinski definition) is 1. The number of fused-ring (bicyclic) bond motifs is 1. The first-order chi connectivity index (χ1) is 13.8. The van der Waals surface area contributed by atoms with Gasteiger partial charge >= 0.3 is 0 Å². The van der Waals surface area contributed by atoms with Gasteiger partial charge in [-0.1, -0.05) is 42.5 Å². The summed E-state index contributed by atoms with van der Waals surface area (Å²) in [7, 11) is 1.65. The molecule has 0 aliphatic carbocycles. The van der Waals surface area contributed by atoms with Crippen LogP contribution in [-0.4, -0.2) is 29.0 Å². The van der Waals surface area contributed by atoms with Crippen molar-refractivity contribution >= 4 is 23.0 Å². The predicted octanol–water partition coefficient (Wildman–Crippen LogP) is 4.64. The number of benzene rings is 3. The monoisotopic (exact) mass is 368 g/mol. The van der Waals surface area contributed by atoms with Crippen molar-refractivity contribution in [1.82, 2.24) is 9.97 Å². The molecule has 0 amide bonds. The van der Waals surface area contributed by atoms with Gasteiger partial charge in [0.2, 0.25) is 0 Å². The third-order valence-corrected chi connectivity index (χ3v) is 4.38. The molecule has 0 aliphatic heterocycles. The maximum absolute atomic E-state index is 5.18. The lowest BCUT2D eigenvalue weighted by molar-refractivity contribution is 0.415. The van der Waals surface area contributed by atoms with E-state index in [2.05, 4.69) is 20.2 Å². The van der Waals surface area contributed by atoms with Crippen LogP contribution in [0.15, 0.2) is 89.1 Å². The molecule has 138 valence electrons. The number of H-pyrrole nitrogens is 1. The van der Waals surface area contributed by atoms with Crippen molar-refractivity contribution in [2.75, 3.05) is 7.11 Å². The van der Waals surface area contributed by atoms with Gasteiger partial charge in [0, 0.05) is 0 Å². The summed E-state index contributed by atoms with van der Waals surface area (Å²) >= 11 is 0. The normalized spacial score (nSPS) is 12.0. The maximum Gasteiger partial charge on any atom is 0.118 e. The summed E-state index contributed by atoms with van der Waals surface area (Å²) in [6.07, 6.45) is 2.31. The molecule has 0 fully saturated rings. The molecule has 5 nitrogen and oxygen atoms in total. The fraction of sp³-hybridized carbons (Fsp3) is 0.0870. The number of hydrogen-bond acceptors (Lipinski definition) is 4.